The number of carbonyl (C=O) groups excluding carboxylic acids is 1. The molecule has 5 nitrogen and oxygen atoms in total. The van der Waals surface area contributed by atoms with Gasteiger partial charge in [-0.3, -0.25) is 4.79 Å². The summed E-state index contributed by atoms with van der Waals surface area (Å²) in [5, 5.41) is 2.85. The summed E-state index contributed by atoms with van der Waals surface area (Å²) < 4.78 is 27.0. The molecule has 1 aromatic rings. The number of sulfonamides is 1. The maximum Gasteiger partial charge on any atom is 0.251 e. The average Bonchev–Trinajstić information content (AvgIpc) is 3.10. The van der Waals surface area contributed by atoms with Crippen molar-refractivity contribution in [3.05, 3.63) is 29.3 Å². The molecule has 1 fully saturated rings. The van der Waals surface area contributed by atoms with Gasteiger partial charge in [0.15, 0.2) is 0 Å². The van der Waals surface area contributed by atoms with E-state index in [4.69, 9.17) is 0 Å². The van der Waals surface area contributed by atoms with E-state index in [1.54, 1.807) is 13.0 Å². The van der Waals surface area contributed by atoms with Gasteiger partial charge in [-0.1, -0.05) is 6.07 Å². The number of aryl methyl sites for hydroxylation is 1. The van der Waals surface area contributed by atoms with E-state index in [2.05, 4.69) is 10.0 Å². The van der Waals surface area contributed by atoms with Crippen molar-refractivity contribution in [2.75, 3.05) is 0 Å². The molecule has 2 rings (SSSR count). The van der Waals surface area contributed by atoms with E-state index >= 15 is 0 Å². The SMILES string of the molecule is Cc1ccc(S(=O)(=O)NC2CC2)cc1C(=O)NC(C)(C)C. The van der Waals surface area contributed by atoms with E-state index in [0.29, 0.717) is 5.56 Å². The van der Waals surface area contributed by atoms with Crippen molar-refractivity contribution in [3.8, 4) is 0 Å². The van der Waals surface area contributed by atoms with Gasteiger partial charge in [-0.2, -0.15) is 0 Å². The lowest BCUT2D eigenvalue weighted by Gasteiger charge is -2.21. The van der Waals surface area contributed by atoms with Crippen molar-refractivity contribution in [2.24, 2.45) is 0 Å². The molecule has 6 heteroatoms. The number of carbonyl (C=O) groups is 1. The number of nitrogens with one attached hydrogen (secondary N) is 2. The molecular weight excluding hydrogens is 288 g/mol. The molecule has 0 atom stereocenters. The molecule has 1 aliphatic carbocycles. The highest BCUT2D eigenvalue weighted by atomic mass is 32.2. The Balaban J connectivity index is 2.30. The predicted molar refractivity (Wildman–Crippen MR) is 81.7 cm³/mol. The minimum atomic E-state index is -3.54. The van der Waals surface area contributed by atoms with Crippen molar-refractivity contribution in [3.63, 3.8) is 0 Å². The first-order valence-corrected chi connectivity index (χ1v) is 8.52. The van der Waals surface area contributed by atoms with Crippen LogP contribution in [0.2, 0.25) is 0 Å². The van der Waals surface area contributed by atoms with Crippen LogP contribution >= 0.6 is 0 Å². The largest absolute Gasteiger partial charge is 0.347 e. The van der Waals surface area contributed by atoms with Crippen molar-refractivity contribution in [1.82, 2.24) is 10.0 Å². The first kappa shape index (κ1) is 16.0. The number of hydrogen-bond donors (Lipinski definition) is 2. The Kier molecular flexibility index (Phi) is 4.13. The Labute approximate surface area is 126 Å². The molecule has 0 spiro atoms. The minimum Gasteiger partial charge on any atom is -0.347 e. The molecule has 2 N–H and O–H groups in total. The van der Waals surface area contributed by atoms with Crippen LogP contribution in [0.1, 0.15) is 49.5 Å². The van der Waals surface area contributed by atoms with Gasteiger partial charge < -0.3 is 5.32 Å². The molecule has 21 heavy (non-hydrogen) atoms. The Morgan fingerprint density at radius 3 is 2.38 bits per heavy atom. The molecule has 116 valence electrons. The number of hydrogen-bond acceptors (Lipinski definition) is 3. The van der Waals surface area contributed by atoms with Crippen LogP contribution in [0.4, 0.5) is 0 Å². The minimum absolute atomic E-state index is 0.0446. The van der Waals surface area contributed by atoms with Crippen LogP contribution in [-0.2, 0) is 10.0 Å². The van der Waals surface area contributed by atoms with Crippen LogP contribution < -0.4 is 10.0 Å². The maximum atomic E-state index is 12.3. The standard InChI is InChI=1S/C15H22N2O3S/c1-10-5-8-12(21(19,20)17-11-6-7-11)9-13(10)14(18)16-15(2,3)4/h5,8-9,11,17H,6-7H2,1-4H3,(H,16,18). The number of amides is 1. The van der Waals surface area contributed by atoms with E-state index in [1.807, 2.05) is 20.8 Å². The molecule has 1 saturated carbocycles. The summed E-state index contributed by atoms with van der Waals surface area (Å²) in [6, 6.07) is 4.69. The second-order valence-corrected chi connectivity index (χ2v) is 8.29. The molecule has 0 unspecified atom stereocenters. The van der Waals surface area contributed by atoms with Gasteiger partial charge in [0.2, 0.25) is 10.0 Å². The third-order valence-corrected chi connectivity index (χ3v) is 4.67. The Hall–Kier alpha value is -1.40. The summed E-state index contributed by atoms with van der Waals surface area (Å²) in [5.41, 5.74) is 0.774. The monoisotopic (exact) mass is 310 g/mol. The summed E-state index contributed by atoms with van der Waals surface area (Å²) in [6.07, 6.45) is 1.75. The predicted octanol–water partition coefficient (Wildman–Crippen LogP) is 1.96. The molecule has 1 amide bonds. The zero-order chi connectivity index (χ0) is 15.8. The molecular formula is C15H22N2O3S. The summed E-state index contributed by atoms with van der Waals surface area (Å²) >= 11 is 0. The molecule has 0 saturated heterocycles. The average molecular weight is 310 g/mol. The smallest absolute Gasteiger partial charge is 0.251 e. The van der Waals surface area contributed by atoms with Crippen LogP contribution in [0.25, 0.3) is 0 Å². The molecule has 0 heterocycles. The lowest BCUT2D eigenvalue weighted by atomic mass is 10.0. The normalized spacial score (nSPS) is 15.8. The van der Waals surface area contributed by atoms with Crippen molar-refractivity contribution in [2.45, 2.75) is 57.0 Å². The van der Waals surface area contributed by atoms with Gasteiger partial charge in [-0.05, 0) is 58.2 Å². The molecule has 0 radical (unpaired) electrons. The van der Waals surface area contributed by atoms with Crippen LogP contribution in [-0.4, -0.2) is 25.9 Å². The number of rotatable bonds is 4. The van der Waals surface area contributed by atoms with E-state index in [9.17, 15) is 13.2 Å². The summed E-state index contributed by atoms with van der Waals surface area (Å²) in [7, 11) is -3.54. The van der Waals surface area contributed by atoms with Crippen molar-refractivity contribution in [1.29, 1.82) is 0 Å². The van der Waals surface area contributed by atoms with Gasteiger partial charge in [0.1, 0.15) is 0 Å². The molecule has 1 aromatic carbocycles. The van der Waals surface area contributed by atoms with Crippen LogP contribution in [0, 0.1) is 6.92 Å². The third-order valence-electron chi connectivity index (χ3n) is 3.15. The highest BCUT2D eigenvalue weighted by Crippen LogP contribution is 2.23. The summed E-state index contributed by atoms with van der Waals surface area (Å²) in [6.45, 7) is 7.45. The second kappa shape index (κ2) is 5.42. The van der Waals surface area contributed by atoms with E-state index in [-0.39, 0.29) is 22.4 Å². The Bertz CT molecular complexity index is 656. The maximum absolute atomic E-state index is 12.3. The lowest BCUT2D eigenvalue weighted by molar-refractivity contribution is 0.0918. The topological polar surface area (TPSA) is 75.3 Å². The fourth-order valence-corrected chi connectivity index (χ4v) is 3.24. The van der Waals surface area contributed by atoms with Crippen LogP contribution in [0.3, 0.4) is 0 Å². The van der Waals surface area contributed by atoms with Gasteiger partial charge in [0, 0.05) is 17.1 Å². The van der Waals surface area contributed by atoms with E-state index in [0.717, 1.165) is 18.4 Å². The summed E-state index contributed by atoms with van der Waals surface area (Å²) in [5.74, 6) is -0.261. The van der Waals surface area contributed by atoms with Crippen molar-refractivity contribution < 1.29 is 13.2 Å². The van der Waals surface area contributed by atoms with Gasteiger partial charge >= 0.3 is 0 Å². The van der Waals surface area contributed by atoms with E-state index in [1.165, 1.54) is 12.1 Å². The highest BCUT2D eigenvalue weighted by Gasteiger charge is 2.28. The Morgan fingerprint density at radius 2 is 1.86 bits per heavy atom. The van der Waals surface area contributed by atoms with Crippen LogP contribution in [0.15, 0.2) is 23.1 Å². The first-order chi connectivity index (χ1) is 9.58. The Morgan fingerprint density at radius 1 is 1.24 bits per heavy atom. The summed E-state index contributed by atoms with van der Waals surface area (Å²) in [4.78, 5) is 12.4. The van der Waals surface area contributed by atoms with Gasteiger partial charge in [-0.15, -0.1) is 0 Å². The highest BCUT2D eigenvalue weighted by molar-refractivity contribution is 7.89. The van der Waals surface area contributed by atoms with Gasteiger partial charge in [-0.25, -0.2) is 13.1 Å². The van der Waals surface area contributed by atoms with E-state index < -0.39 is 10.0 Å². The zero-order valence-corrected chi connectivity index (χ0v) is 13.7. The number of benzene rings is 1. The van der Waals surface area contributed by atoms with Crippen molar-refractivity contribution >= 4 is 15.9 Å². The molecule has 1 aliphatic rings. The third kappa shape index (κ3) is 4.28. The molecule has 0 bridgehead atoms. The fraction of sp³-hybridized carbons (Fsp3) is 0.533. The fourth-order valence-electron chi connectivity index (χ4n) is 1.91. The zero-order valence-electron chi connectivity index (χ0n) is 12.9. The van der Waals surface area contributed by atoms with Gasteiger partial charge in [0.25, 0.3) is 5.91 Å². The molecule has 0 aliphatic heterocycles. The second-order valence-electron chi connectivity index (χ2n) is 6.58. The van der Waals surface area contributed by atoms with Crippen LogP contribution in [0.5, 0.6) is 0 Å². The lowest BCUT2D eigenvalue weighted by Crippen LogP contribution is -2.41. The first-order valence-electron chi connectivity index (χ1n) is 7.04. The quantitative estimate of drug-likeness (QED) is 0.892. The molecule has 0 aromatic heterocycles. The van der Waals surface area contributed by atoms with Gasteiger partial charge in [0.05, 0.1) is 4.90 Å².